The monoisotopic (exact) mass is 228 g/mol. The number of benzene rings is 1. The molecule has 82 valence electrons. The number of hydrogen-bond acceptors (Lipinski definition) is 4. The van der Waals surface area contributed by atoms with Crippen molar-refractivity contribution in [3.63, 3.8) is 0 Å². The van der Waals surface area contributed by atoms with E-state index in [0.29, 0.717) is 16.3 Å². The van der Waals surface area contributed by atoms with Crippen molar-refractivity contribution in [2.45, 2.75) is 12.5 Å². The molecule has 0 spiro atoms. The molecule has 4 nitrogen and oxygen atoms in total. The highest BCUT2D eigenvalue weighted by molar-refractivity contribution is 6.30. The van der Waals surface area contributed by atoms with Crippen molar-refractivity contribution in [1.29, 1.82) is 0 Å². The van der Waals surface area contributed by atoms with Crippen LogP contribution in [-0.4, -0.2) is 13.1 Å². The first-order valence-corrected chi connectivity index (χ1v) is 4.79. The summed E-state index contributed by atoms with van der Waals surface area (Å²) in [5.74, 6) is -0.373. The van der Waals surface area contributed by atoms with Gasteiger partial charge in [0.25, 0.3) is 0 Å². The maximum absolute atomic E-state index is 11.0. The van der Waals surface area contributed by atoms with Crippen molar-refractivity contribution in [3.05, 3.63) is 28.8 Å². The standard InChI is InChI=1S/C10H13ClN2O2/c1-15-10(14)5-9(13)7-4-6(11)2-3-8(7)12/h2-4,9H,5,12-13H2,1H3/t9-/m1/s1. The Morgan fingerprint density at radius 2 is 2.27 bits per heavy atom. The number of rotatable bonds is 3. The third-order valence-corrected chi connectivity index (χ3v) is 2.30. The Labute approximate surface area is 93.1 Å². The van der Waals surface area contributed by atoms with Gasteiger partial charge in [0.1, 0.15) is 0 Å². The van der Waals surface area contributed by atoms with E-state index in [1.165, 1.54) is 7.11 Å². The lowest BCUT2D eigenvalue weighted by Crippen LogP contribution is -2.17. The van der Waals surface area contributed by atoms with Crippen LogP contribution in [0.15, 0.2) is 18.2 Å². The number of nitrogens with two attached hydrogens (primary N) is 2. The van der Waals surface area contributed by atoms with E-state index in [1.54, 1.807) is 18.2 Å². The maximum Gasteiger partial charge on any atom is 0.307 e. The summed E-state index contributed by atoms with van der Waals surface area (Å²) in [7, 11) is 1.32. The molecule has 0 saturated carbocycles. The van der Waals surface area contributed by atoms with E-state index in [1.807, 2.05) is 0 Å². The van der Waals surface area contributed by atoms with Crippen molar-refractivity contribution in [2.24, 2.45) is 5.73 Å². The van der Waals surface area contributed by atoms with Crippen LogP contribution in [0, 0.1) is 0 Å². The van der Waals surface area contributed by atoms with E-state index >= 15 is 0 Å². The second-order valence-corrected chi connectivity index (χ2v) is 3.60. The topological polar surface area (TPSA) is 78.3 Å². The van der Waals surface area contributed by atoms with E-state index in [-0.39, 0.29) is 12.4 Å². The number of carbonyl (C=O) groups is 1. The molecule has 0 aromatic heterocycles. The molecule has 0 saturated heterocycles. The van der Waals surface area contributed by atoms with Gasteiger partial charge in [-0.1, -0.05) is 11.6 Å². The molecule has 4 N–H and O–H groups in total. The van der Waals surface area contributed by atoms with Gasteiger partial charge in [0.05, 0.1) is 13.5 Å². The SMILES string of the molecule is COC(=O)C[C@@H](N)c1cc(Cl)ccc1N. The molecule has 0 amide bonds. The van der Waals surface area contributed by atoms with E-state index < -0.39 is 6.04 Å². The molecule has 1 aromatic rings. The van der Waals surface area contributed by atoms with Gasteiger partial charge in [0.2, 0.25) is 0 Å². The lowest BCUT2D eigenvalue weighted by molar-refractivity contribution is -0.141. The smallest absolute Gasteiger partial charge is 0.307 e. The lowest BCUT2D eigenvalue weighted by Gasteiger charge is -2.13. The molecule has 1 rings (SSSR count). The van der Waals surface area contributed by atoms with Crippen LogP contribution in [0.5, 0.6) is 0 Å². The molecule has 15 heavy (non-hydrogen) atoms. The summed E-state index contributed by atoms with van der Waals surface area (Å²) in [6, 6.07) is 4.50. The van der Waals surface area contributed by atoms with Crippen LogP contribution in [0.4, 0.5) is 5.69 Å². The van der Waals surface area contributed by atoms with Crippen LogP contribution in [-0.2, 0) is 9.53 Å². The zero-order chi connectivity index (χ0) is 11.4. The predicted octanol–water partition coefficient (Wildman–Crippen LogP) is 1.49. The molecule has 0 aliphatic carbocycles. The van der Waals surface area contributed by atoms with Crippen molar-refractivity contribution < 1.29 is 9.53 Å². The van der Waals surface area contributed by atoms with E-state index in [9.17, 15) is 4.79 Å². The minimum atomic E-state index is -0.490. The van der Waals surface area contributed by atoms with Crippen LogP contribution in [0.2, 0.25) is 5.02 Å². The first-order chi connectivity index (χ1) is 7.04. The molecular weight excluding hydrogens is 216 g/mol. The number of anilines is 1. The fraction of sp³-hybridized carbons (Fsp3) is 0.300. The molecule has 1 aromatic carbocycles. The van der Waals surface area contributed by atoms with Crippen molar-refractivity contribution in [2.75, 3.05) is 12.8 Å². The summed E-state index contributed by atoms with van der Waals surface area (Å²) < 4.78 is 4.52. The summed E-state index contributed by atoms with van der Waals surface area (Å²) in [5, 5.41) is 0.541. The molecule has 0 fully saturated rings. The Morgan fingerprint density at radius 3 is 2.87 bits per heavy atom. The van der Waals surface area contributed by atoms with Gasteiger partial charge in [-0.05, 0) is 23.8 Å². The molecule has 0 aliphatic rings. The highest BCUT2D eigenvalue weighted by atomic mass is 35.5. The van der Waals surface area contributed by atoms with Gasteiger partial charge >= 0.3 is 5.97 Å². The first-order valence-electron chi connectivity index (χ1n) is 4.42. The average Bonchev–Trinajstić information content (AvgIpc) is 2.21. The molecule has 0 radical (unpaired) electrons. The third kappa shape index (κ3) is 3.11. The normalized spacial score (nSPS) is 12.2. The Hall–Kier alpha value is -1.26. The Kier molecular flexibility index (Phi) is 3.94. The molecule has 0 bridgehead atoms. The lowest BCUT2D eigenvalue weighted by atomic mass is 10.0. The molecule has 0 aliphatic heterocycles. The number of hydrogen-bond donors (Lipinski definition) is 2. The zero-order valence-electron chi connectivity index (χ0n) is 8.37. The van der Waals surface area contributed by atoms with E-state index in [0.717, 1.165) is 0 Å². The quantitative estimate of drug-likeness (QED) is 0.607. The molecule has 1 atom stereocenters. The molecule has 5 heteroatoms. The van der Waals surface area contributed by atoms with Crippen LogP contribution in [0.1, 0.15) is 18.0 Å². The number of halogens is 1. The van der Waals surface area contributed by atoms with Gasteiger partial charge in [-0.3, -0.25) is 4.79 Å². The average molecular weight is 229 g/mol. The summed E-state index contributed by atoms with van der Waals surface area (Å²) in [4.78, 5) is 11.0. The number of esters is 1. The fourth-order valence-electron chi connectivity index (χ4n) is 1.24. The highest BCUT2D eigenvalue weighted by Gasteiger charge is 2.14. The zero-order valence-corrected chi connectivity index (χ0v) is 9.12. The summed E-state index contributed by atoms with van der Waals surface area (Å²) in [5.41, 5.74) is 12.7. The Bertz CT molecular complexity index is 368. The number of ether oxygens (including phenoxy) is 1. The number of carbonyl (C=O) groups excluding carboxylic acids is 1. The fourth-order valence-corrected chi connectivity index (χ4v) is 1.42. The van der Waals surface area contributed by atoms with Crippen molar-refractivity contribution in [1.82, 2.24) is 0 Å². The Balaban J connectivity index is 2.85. The van der Waals surface area contributed by atoms with Gasteiger partial charge in [-0.25, -0.2) is 0 Å². The summed E-state index contributed by atoms with van der Waals surface area (Å²) in [6.07, 6.45) is 0.0844. The van der Waals surface area contributed by atoms with Crippen LogP contribution >= 0.6 is 11.6 Å². The predicted molar refractivity (Wildman–Crippen MR) is 59.4 cm³/mol. The van der Waals surface area contributed by atoms with Gasteiger partial charge in [-0.2, -0.15) is 0 Å². The summed E-state index contributed by atoms with van der Waals surface area (Å²) >= 11 is 5.80. The molecular formula is C10H13ClN2O2. The van der Waals surface area contributed by atoms with Gasteiger partial charge in [0, 0.05) is 16.8 Å². The minimum absolute atomic E-state index is 0.0844. The van der Waals surface area contributed by atoms with Crippen LogP contribution in [0.25, 0.3) is 0 Å². The van der Waals surface area contributed by atoms with Crippen molar-refractivity contribution in [3.8, 4) is 0 Å². The van der Waals surface area contributed by atoms with E-state index in [4.69, 9.17) is 23.1 Å². The largest absolute Gasteiger partial charge is 0.469 e. The second-order valence-electron chi connectivity index (χ2n) is 3.16. The highest BCUT2D eigenvalue weighted by Crippen LogP contribution is 2.24. The summed E-state index contributed by atoms with van der Waals surface area (Å²) in [6.45, 7) is 0. The van der Waals surface area contributed by atoms with Crippen LogP contribution in [0.3, 0.4) is 0 Å². The maximum atomic E-state index is 11.0. The Morgan fingerprint density at radius 1 is 1.60 bits per heavy atom. The van der Waals surface area contributed by atoms with Gasteiger partial charge in [0.15, 0.2) is 0 Å². The molecule has 0 unspecified atom stereocenters. The first kappa shape index (κ1) is 11.8. The third-order valence-electron chi connectivity index (χ3n) is 2.06. The van der Waals surface area contributed by atoms with Gasteiger partial charge < -0.3 is 16.2 Å². The van der Waals surface area contributed by atoms with E-state index in [2.05, 4.69) is 4.74 Å². The van der Waals surface area contributed by atoms with Gasteiger partial charge in [-0.15, -0.1) is 0 Å². The molecule has 0 heterocycles. The number of nitrogen functional groups attached to an aromatic ring is 1. The minimum Gasteiger partial charge on any atom is -0.469 e. The van der Waals surface area contributed by atoms with Crippen LogP contribution < -0.4 is 11.5 Å². The number of methoxy groups -OCH3 is 1. The second kappa shape index (κ2) is 5.00. The van der Waals surface area contributed by atoms with Crippen molar-refractivity contribution >= 4 is 23.3 Å².